The molecular weight excluding hydrogens is 390 g/mol. The highest BCUT2D eigenvalue weighted by Crippen LogP contribution is 2.27. The zero-order chi connectivity index (χ0) is 19.4. The third-order valence-corrected chi connectivity index (χ3v) is 4.51. The van der Waals surface area contributed by atoms with Gasteiger partial charge in [0.15, 0.2) is 5.13 Å². The normalized spacial score (nSPS) is 10.3. The number of methoxy groups -OCH3 is 1. The number of carbonyl (C=O) groups excluding carboxylic acids is 2. The van der Waals surface area contributed by atoms with Crippen molar-refractivity contribution >= 4 is 45.6 Å². The minimum Gasteiger partial charge on any atom is -0.506 e. The largest absolute Gasteiger partial charge is 0.506 e. The molecule has 0 fully saturated rings. The molecule has 2 aromatic carbocycles. The van der Waals surface area contributed by atoms with Crippen molar-refractivity contribution in [3.8, 4) is 11.5 Å². The summed E-state index contributed by atoms with van der Waals surface area (Å²) in [6.45, 7) is 0. The molecule has 0 aliphatic rings. The third-order valence-electron chi connectivity index (χ3n) is 3.52. The Morgan fingerprint density at radius 2 is 1.85 bits per heavy atom. The van der Waals surface area contributed by atoms with E-state index < -0.39 is 5.91 Å². The van der Waals surface area contributed by atoms with Crippen LogP contribution in [0.5, 0.6) is 11.5 Å². The van der Waals surface area contributed by atoms with E-state index in [1.165, 1.54) is 23.6 Å². The standard InChI is InChI=1S/C18H14ClN3O4S/c1-26-12-5-2-10(3-6-12)16(24)22-18-21-14(9-27-18)17(25)20-13-8-11(19)4-7-15(13)23/h2-9,23H,1H3,(H,20,25)(H,21,22,24). The minimum absolute atomic E-state index is 0.101. The number of thiazole rings is 1. The lowest BCUT2D eigenvalue weighted by Gasteiger charge is -2.06. The number of anilines is 2. The first kappa shape index (κ1) is 18.7. The molecule has 3 aromatic rings. The SMILES string of the molecule is COc1ccc(C(=O)Nc2nc(C(=O)Nc3cc(Cl)ccc3O)cs2)cc1. The number of hydrogen-bond acceptors (Lipinski definition) is 6. The van der Waals surface area contributed by atoms with Gasteiger partial charge >= 0.3 is 0 Å². The van der Waals surface area contributed by atoms with Crippen LogP contribution < -0.4 is 15.4 Å². The number of phenols is 1. The molecule has 0 radical (unpaired) electrons. The van der Waals surface area contributed by atoms with Gasteiger partial charge in [0.2, 0.25) is 0 Å². The predicted octanol–water partition coefficient (Wildman–Crippen LogP) is 4.02. The average molecular weight is 404 g/mol. The lowest BCUT2D eigenvalue weighted by atomic mass is 10.2. The quantitative estimate of drug-likeness (QED) is 0.559. The highest BCUT2D eigenvalue weighted by Gasteiger charge is 2.15. The number of ether oxygens (including phenoxy) is 1. The van der Waals surface area contributed by atoms with Crippen molar-refractivity contribution in [2.75, 3.05) is 17.7 Å². The summed E-state index contributed by atoms with van der Waals surface area (Å²) >= 11 is 6.96. The molecule has 0 spiro atoms. The number of phenolic OH excluding ortho intramolecular Hbond substituents is 1. The van der Waals surface area contributed by atoms with E-state index >= 15 is 0 Å². The van der Waals surface area contributed by atoms with Gasteiger partial charge in [-0.1, -0.05) is 11.6 Å². The van der Waals surface area contributed by atoms with E-state index in [2.05, 4.69) is 15.6 Å². The van der Waals surface area contributed by atoms with Crippen LogP contribution in [0.4, 0.5) is 10.8 Å². The average Bonchev–Trinajstić information content (AvgIpc) is 3.13. The number of rotatable bonds is 5. The van der Waals surface area contributed by atoms with Crippen LogP contribution >= 0.6 is 22.9 Å². The van der Waals surface area contributed by atoms with Gasteiger partial charge < -0.3 is 15.2 Å². The molecule has 0 saturated heterocycles. The molecule has 9 heteroatoms. The molecule has 1 heterocycles. The van der Waals surface area contributed by atoms with Gasteiger partial charge in [0, 0.05) is 16.0 Å². The highest BCUT2D eigenvalue weighted by molar-refractivity contribution is 7.14. The van der Waals surface area contributed by atoms with Crippen molar-refractivity contribution in [2.45, 2.75) is 0 Å². The molecule has 0 atom stereocenters. The van der Waals surface area contributed by atoms with E-state index in [1.54, 1.807) is 31.4 Å². The Hall–Kier alpha value is -3.10. The molecule has 0 unspecified atom stereocenters. The second-order valence-electron chi connectivity index (χ2n) is 5.34. The molecule has 27 heavy (non-hydrogen) atoms. The van der Waals surface area contributed by atoms with Crippen LogP contribution in [0.2, 0.25) is 5.02 Å². The summed E-state index contributed by atoms with van der Waals surface area (Å²) in [7, 11) is 1.54. The molecule has 138 valence electrons. The lowest BCUT2D eigenvalue weighted by molar-refractivity contribution is 0.101. The summed E-state index contributed by atoms with van der Waals surface area (Å²) in [4.78, 5) is 28.6. The number of amides is 2. The maximum Gasteiger partial charge on any atom is 0.275 e. The number of benzene rings is 2. The zero-order valence-corrected chi connectivity index (χ0v) is 15.6. The summed E-state index contributed by atoms with van der Waals surface area (Å²) in [6.07, 6.45) is 0. The molecule has 0 aliphatic heterocycles. The van der Waals surface area contributed by atoms with Crippen LogP contribution in [0.3, 0.4) is 0 Å². The zero-order valence-electron chi connectivity index (χ0n) is 14.0. The third kappa shape index (κ3) is 4.55. The Morgan fingerprint density at radius 1 is 1.11 bits per heavy atom. The van der Waals surface area contributed by atoms with Gasteiger partial charge in [-0.15, -0.1) is 11.3 Å². The molecule has 3 N–H and O–H groups in total. The van der Waals surface area contributed by atoms with Crippen molar-refractivity contribution in [1.29, 1.82) is 0 Å². The van der Waals surface area contributed by atoms with Crippen LogP contribution in [0, 0.1) is 0 Å². The summed E-state index contributed by atoms with van der Waals surface area (Å²) < 4.78 is 5.05. The molecular formula is C18H14ClN3O4S. The molecule has 1 aromatic heterocycles. The maximum absolute atomic E-state index is 12.3. The maximum atomic E-state index is 12.3. The Bertz CT molecular complexity index is 989. The van der Waals surface area contributed by atoms with Gasteiger partial charge in [-0.05, 0) is 42.5 Å². The number of aromatic nitrogens is 1. The Kier molecular flexibility index (Phi) is 5.58. The minimum atomic E-state index is -0.534. The number of nitrogens with zero attached hydrogens (tertiary/aromatic N) is 1. The number of nitrogens with one attached hydrogen (secondary N) is 2. The van der Waals surface area contributed by atoms with E-state index in [0.29, 0.717) is 16.3 Å². The molecule has 0 aliphatic carbocycles. The first-order chi connectivity index (χ1) is 13.0. The van der Waals surface area contributed by atoms with Crippen LogP contribution in [0.1, 0.15) is 20.8 Å². The van der Waals surface area contributed by atoms with Gasteiger partial charge in [-0.3, -0.25) is 14.9 Å². The van der Waals surface area contributed by atoms with Crippen LogP contribution in [0.15, 0.2) is 47.8 Å². The van der Waals surface area contributed by atoms with Crippen LogP contribution in [-0.4, -0.2) is 29.0 Å². The predicted molar refractivity (Wildman–Crippen MR) is 104 cm³/mol. The number of aromatic hydroxyl groups is 1. The smallest absolute Gasteiger partial charge is 0.275 e. The molecule has 0 bridgehead atoms. The first-order valence-electron chi connectivity index (χ1n) is 7.67. The summed E-state index contributed by atoms with van der Waals surface area (Å²) in [6, 6.07) is 10.9. The van der Waals surface area contributed by atoms with Crippen molar-refractivity contribution in [2.24, 2.45) is 0 Å². The molecule has 2 amide bonds. The van der Waals surface area contributed by atoms with Crippen molar-refractivity contribution in [1.82, 2.24) is 4.98 Å². The lowest BCUT2D eigenvalue weighted by Crippen LogP contribution is -2.14. The molecule has 3 rings (SSSR count). The van der Waals surface area contributed by atoms with Crippen LogP contribution in [-0.2, 0) is 0 Å². The Balaban J connectivity index is 1.67. The fourth-order valence-corrected chi connectivity index (χ4v) is 3.00. The topological polar surface area (TPSA) is 101 Å². The summed E-state index contributed by atoms with van der Waals surface area (Å²) in [5.74, 6) is -0.361. The highest BCUT2D eigenvalue weighted by atomic mass is 35.5. The van der Waals surface area contributed by atoms with Crippen LogP contribution in [0.25, 0.3) is 0 Å². The molecule has 0 saturated carbocycles. The Labute approximate surface area is 163 Å². The van der Waals surface area contributed by atoms with Gasteiger partial charge in [0.05, 0.1) is 12.8 Å². The van der Waals surface area contributed by atoms with Crippen molar-refractivity contribution in [3.05, 3.63) is 64.1 Å². The van der Waals surface area contributed by atoms with Gasteiger partial charge in [0.25, 0.3) is 11.8 Å². The Morgan fingerprint density at radius 3 is 2.56 bits per heavy atom. The number of carbonyl (C=O) groups is 2. The van der Waals surface area contributed by atoms with Gasteiger partial charge in [-0.2, -0.15) is 0 Å². The van der Waals surface area contributed by atoms with Gasteiger partial charge in [0.1, 0.15) is 17.2 Å². The first-order valence-corrected chi connectivity index (χ1v) is 8.93. The number of hydrogen-bond donors (Lipinski definition) is 3. The van der Waals surface area contributed by atoms with E-state index in [9.17, 15) is 14.7 Å². The van der Waals surface area contributed by atoms with E-state index in [-0.39, 0.29) is 28.2 Å². The van der Waals surface area contributed by atoms with Crippen molar-refractivity contribution < 1.29 is 19.4 Å². The fourth-order valence-electron chi connectivity index (χ4n) is 2.14. The van der Waals surface area contributed by atoms with Crippen molar-refractivity contribution in [3.63, 3.8) is 0 Å². The second-order valence-corrected chi connectivity index (χ2v) is 6.63. The van der Waals surface area contributed by atoms with Gasteiger partial charge in [-0.25, -0.2) is 4.98 Å². The summed E-state index contributed by atoms with van der Waals surface area (Å²) in [5, 5.41) is 17.1. The monoisotopic (exact) mass is 403 g/mol. The second kappa shape index (κ2) is 8.07. The fraction of sp³-hybridized carbons (Fsp3) is 0.0556. The molecule has 7 nitrogen and oxygen atoms in total. The van der Waals surface area contributed by atoms with E-state index in [0.717, 1.165) is 11.3 Å². The number of halogens is 1. The van der Waals surface area contributed by atoms with E-state index in [4.69, 9.17) is 16.3 Å². The van der Waals surface area contributed by atoms with E-state index in [1.807, 2.05) is 0 Å². The summed E-state index contributed by atoms with van der Waals surface area (Å²) in [5.41, 5.74) is 0.703.